The van der Waals surface area contributed by atoms with Gasteiger partial charge < -0.3 is 5.11 Å². The molecule has 2 heterocycles. The number of hydrogen-bond acceptors (Lipinski definition) is 4. The molecule has 1 aliphatic heterocycles. The van der Waals surface area contributed by atoms with Crippen molar-refractivity contribution in [1.29, 1.82) is 0 Å². The Labute approximate surface area is 91.8 Å². The molecular formula is C10H12N2O2S. The van der Waals surface area contributed by atoms with Gasteiger partial charge in [0.2, 0.25) is 0 Å². The first-order chi connectivity index (χ1) is 7.11. The summed E-state index contributed by atoms with van der Waals surface area (Å²) in [6.45, 7) is 1.77. The van der Waals surface area contributed by atoms with Crippen molar-refractivity contribution in [2.45, 2.75) is 13.0 Å². The maximum atomic E-state index is 11.2. The Morgan fingerprint density at radius 1 is 1.67 bits per heavy atom. The first kappa shape index (κ1) is 10.2. The number of hydrazone groups is 1. The van der Waals surface area contributed by atoms with Gasteiger partial charge in [-0.3, -0.25) is 9.80 Å². The van der Waals surface area contributed by atoms with Crippen LogP contribution in [0.4, 0.5) is 0 Å². The van der Waals surface area contributed by atoms with Crippen LogP contribution in [0.25, 0.3) is 0 Å². The number of carboxylic acids is 1. The number of aliphatic carboxylic acids is 1. The first-order valence-electron chi connectivity index (χ1n) is 4.65. The van der Waals surface area contributed by atoms with E-state index in [1.54, 1.807) is 23.3 Å². The minimum absolute atomic E-state index is 0.150. The molecule has 2 rings (SSSR count). The van der Waals surface area contributed by atoms with Gasteiger partial charge >= 0.3 is 5.97 Å². The molecule has 80 valence electrons. The monoisotopic (exact) mass is 224 g/mol. The lowest BCUT2D eigenvalue weighted by atomic mass is 9.95. The van der Waals surface area contributed by atoms with Gasteiger partial charge in [-0.25, -0.2) is 0 Å². The Morgan fingerprint density at radius 2 is 2.40 bits per heavy atom. The Morgan fingerprint density at radius 3 is 2.93 bits per heavy atom. The van der Waals surface area contributed by atoms with Crippen molar-refractivity contribution in [1.82, 2.24) is 5.01 Å². The average Bonchev–Trinajstić information content (AvgIpc) is 2.71. The molecule has 0 fully saturated rings. The Bertz CT molecular complexity index is 400. The smallest absolute Gasteiger partial charge is 0.314 e. The fourth-order valence-electron chi connectivity index (χ4n) is 1.94. The zero-order valence-electron chi connectivity index (χ0n) is 8.54. The van der Waals surface area contributed by atoms with Gasteiger partial charge in [-0.2, -0.15) is 5.10 Å². The molecule has 0 aromatic carbocycles. The number of thiophene rings is 1. The van der Waals surface area contributed by atoms with E-state index < -0.39 is 11.9 Å². The largest absolute Gasteiger partial charge is 0.481 e. The van der Waals surface area contributed by atoms with Crippen molar-refractivity contribution in [3.8, 4) is 0 Å². The molecule has 1 aliphatic rings. The van der Waals surface area contributed by atoms with E-state index in [9.17, 15) is 4.79 Å². The van der Waals surface area contributed by atoms with Crippen LogP contribution >= 0.6 is 11.3 Å². The van der Waals surface area contributed by atoms with Crippen molar-refractivity contribution in [2.75, 3.05) is 7.05 Å². The molecule has 2 unspecified atom stereocenters. The molecule has 2 atom stereocenters. The molecule has 15 heavy (non-hydrogen) atoms. The number of rotatable bonds is 2. The Hall–Kier alpha value is -1.36. The summed E-state index contributed by atoms with van der Waals surface area (Å²) in [4.78, 5) is 12.2. The van der Waals surface area contributed by atoms with E-state index in [0.29, 0.717) is 5.71 Å². The molecule has 0 spiro atoms. The summed E-state index contributed by atoms with van der Waals surface area (Å²) in [7, 11) is 1.82. The molecule has 0 radical (unpaired) electrons. The Kier molecular flexibility index (Phi) is 2.48. The predicted molar refractivity (Wildman–Crippen MR) is 59.1 cm³/mol. The van der Waals surface area contributed by atoms with E-state index in [2.05, 4.69) is 5.10 Å². The highest BCUT2D eigenvalue weighted by Crippen LogP contribution is 2.36. The molecule has 5 heteroatoms. The molecular weight excluding hydrogens is 212 g/mol. The van der Waals surface area contributed by atoms with Crippen molar-refractivity contribution in [3.05, 3.63) is 22.4 Å². The number of carbonyl (C=O) groups is 1. The minimum Gasteiger partial charge on any atom is -0.481 e. The fourth-order valence-corrected chi connectivity index (χ4v) is 2.84. The Balaban J connectivity index is 2.36. The first-order valence-corrected chi connectivity index (χ1v) is 5.53. The van der Waals surface area contributed by atoms with Crippen molar-refractivity contribution < 1.29 is 9.90 Å². The van der Waals surface area contributed by atoms with E-state index in [1.165, 1.54) is 0 Å². The van der Waals surface area contributed by atoms with Gasteiger partial charge in [0, 0.05) is 11.9 Å². The van der Waals surface area contributed by atoms with E-state index in [0.717, 1.165) is 4.88 Å². The van der Waals surface area contributed by atoms with Crippen LogP contribution in [0.3, 0.4) is 0 Å². The second kappa shape index (κ2) is 3.66. The lowest BCUT2D eigenvalue weighted by molar-refractivity contribution is -0.140. The van der Waals surface area contributed by atoms with Crippen molar-refractivity contribution in [2.24, 2.45) is 11.0 Å². The van der Waals surface area contributed by atoms with Gasteiger partial charge in [-0.1, -0.05) is 6.07 Å². The maximum Gasteiger partial charge on any atom is 0.314 e. The van der Waals surface area contributed by atoms with E-state index in [1.807, 2.05) is 24.6 Å². The third kappa shape index (κ3) is 1.63. The molecule has 4 nitrogen and oxygen atoms in total. The summed E-state index contributed by atoms with van der Waals surface area (Å²) < 4.78 is 0. The molecule has 0 bridgehead atoms. The van der Waals surface area contributed by atoms with Gasteiger partial charge in [0.25, 0.3) is 0 Å². The normalized spacial score (nSPS) is 25.5. The summed E-state index contributed by atoms with van der Waals surface area (Å²) in [6, 6.07) is 3.73. The maximum absolute atomic E-state index is 11.2. The highest BCUT2D eigenvalue weighted by atomic mass is 32.1. The van der Waals surface area contributed by atoms with Crippen LogP contribution in [0, 0.1) is 5.92 Å². The zero-order chi connectivity index (χ0) is 11.0. The SMILES string of the molecule is CC1=NN(C)C(c2cccs2)C1C(=O)O. The third-order valence-electron chi connectivity index (χ3n) is 2.58. The van der Waals surface area contributed by atoms with Gasteiger partial charge in [0.05, 0.1) is 11.8 Å². The van der Waals surface area contributed by atoms with E-state index in [-0.39, 0.29) is 6.04 Å². The summed E-state index contributed by atoms with van der Waals surface area (Å²) in [5.41, 5.74) is 0.670. The summed E-state index contributed by atoms with van der Waals surface area (Å²) >= 11 is 1.57. The number of hydrogen-bond donors (Lipinski definition) is 1. The van der Waals surface area contributed by atoms with Crippen LogP contribution in [0.5, 0.6) is 0 Å². The van der Waals surface area contributed by atoms with Crippen LogP contribution in [0.15, 0.2) is 22.6 Å². The molecule has 1 aromatic heterocycles. The quantitative estimate of drug-likeness (QED) is 0.833. The molecule has 0 saturated heterocycles. The van der Waals surface area contributed by atoms with Crippen molar-refractivity contribution >= 4 is 23.0 Å². The van der Waals surface area contributed by atoms with Gasteiger partial charge in [0.1, 0.15) is 5.92 Å². The minimum atomic E-state index is -0.806. The topological polar surface area (TPSA) is 52.9 Å². The van der Waals surface area contributed by atoms with E-state index in [4.69, 9.17) is 5.11 Å². The van der Waals surface area contributed by atoms with Crippen LogP contribution in [0.2, 0.25) is 0 Å². The highest BCUT2D eigenvalue weighted by molar-refractivity contribution is 7.10. The third-order valence-corrected chi connectivity index (χ3v) is 3.53. The molecule has 0 saturated carbocycles. The van der Waals surface area contributed by atoms with Gasteiger partial charge in [0.15, 0.2) is 0 Å². The average molecular weight is 224 g/mol. The van der Waals surface area contributed by atoms with Crippen LogP contribution in [-0.2, 0) is 4.79 Å². The molecule has 1 N–H and O–H groups in total. The lowest BCUT2D eigenvalue weighted by Gasteiger charge is -2.21. The summed E-state index contributed by atoms with van der Waals surface area (Å²) in [5.74, 6) is -1.33. The number of carboxylic acid groups (broad SMARTS) is 1. The highest BCUT2D eigenvalue weighted by Gasteiger charge is 2.40. The predicted octanol–water partition coefficient (Wildman–Crippen LogP) is 1.81. The van der Waals surface area contributed by atoms with Gasteiger partial charge in [-0.15, -0.1) is 11.3 Å². The zero-order valence-corrected chi connectivity index (χ0v) is 9.36. The fraction of sp³-hybridized carbons (Fsp3) is 0.400. The van der Waals surface area contributed by atoms with Gasteiger partial charge in [-0.05, 0) is 18.4 Å². The standard InChI is InChI=1S/C10H12N2O2S/c1-6-8(10(13)14)9(12(2)11-6)7-4-3-5-15-7/h3-5,8-9H,1-2H3,(H,13,14). The van der Waals surface area contributed by atoms with E-state index >= 15 is 0 Å². The number of nitrogens with zero attached hydrogens (tertiary/aromatic N) is 2. The van der Waals surface area contributed by atoms with Crippen LogP contribution < -0.4 is 0 Å². The van der Waals surface area contributed by atoms with Crippen molar-refractivity contribution in [3.63, 3.8) is 0 Å². The summed E-state index contributed by atoms with van der Waals surface area (Å²) in [5, 5.41) is 17.1. The molecule has 0 amide bonds. The lowest BCUT2D eigenvalue weighted by Crippen LogP contribution is -2.28. The van der Waals surface area contributed by atoms with Crippen LogP contribution in [0.1, 0.15) is 17.8 Å². The second-order valence-corrected chi connectivity index (χ2v) is 4.57. The van der Waals surface area contributed by atoms with Crippen LogP contribution in [-0.4, -0.2) is 28.8 Å². The molecule has 1 aromatic rings. The summed E-state index contributed by atoms with van der Waals surface area (Å²) in [6.07, 6.45) is 0. The molecule has 0 aliphatic carbocycles. The second-order valence-electron chi connectivity index (χ2n) is 3.59.